The van der Waals surface area contributed by atoms with E-state index in [0.29, 0.717) is 6.04 Å². The van der Waals surface area contributed by atoms with Gasteiger partial charge in [0.25, 0.3) is 0 Å². The second kappa shape index (κ2) is 7.85. The van der Waals surface area contributed by atoms with Crippen molar-refractivity contribution in [3.63, 3.8) is 0 Å². The van der Waals surface area contributed by atoms with Crippen LogP contribution in [0.1, 0.15) is 37.8 Å². The quantitative estimate of drug-likeness (QED) is 0.689. The fraction of sp³-hybridized carbons (Fsp3) is 0.667. The van der Waals surface area contributed by atoms with Gasteiger partial charge in [-0.15, -0.1) is 0 Å². The summed E-state index contributed by atoms with van der Waals surface area (Å²) < 4.78 is 5.01. The van der Waals surface area contributed by atoms with Crippen LogP contribution in [0.3, 0.4) is 0 Å². The Morgan fingerprint density at radius 2 is 2.27 bits per heavy atom. The summed E-state index contributed by atoms with van der Waals surface area (Å²) in [5, 5.41) is 7.87. The summed E-state index contributed by atoms with van der Waals surface area (Å²) in [7, 11) is 1.76. The molecule has 1 aromatic heterocycles. The van der Waals surface area contributed by atoms with Gasteiger partial charge in [-0.25, -0.2) is 0 Å². The van der Waals surface area contributed by atoms with E-state index < -0.39 is 0 Å². The van der Waals surface area contributed by atoms with E-state index in [-0.39, 0.29) is 0 Å². The van der Waals surface area contributed by atoms with Gasteiger partial charge in [-0.3, -0.25) is 0 Å². The summed E-state index contributed by atoms with van der Waals surface area (Å²) in [6, 6.07) is 2.67. The van der Waals surface area contributed by atoms with E-state index in [1.165, 1.54) is 24.8 Å². The first-order chi connectivity index (χ1) is 7.34. The molecule has 3 heteroatoms. The van der Waals surface area contributed by atoms with Crippen LogP contribution in [-0.4, -0.2) is 20.3 Å². The van der Waals surface area contributed by atoms with Crippen molar-refractivity contribution in [2.75, 3.05) is 20.3 Å². The van der Waals surface area contributed by atoms with Gasteiger partial charge >= 0.3 is 0 Å². The molecule has 1 unspecified atom stereocenters. The standard InChI is InChI=1S/C12H21NOS/c1-11(12-6-9-15-10-12)13-7-4-3-5-8-14-2/h6,9-11,13H,3-5,7-8H2,1-2H3. The predicted octanol–water partition coefficient (Wildman–Crippen LogP) is 3.22. The van der Waals surface area contributed by atoms with Crippen molar-refractivity contribution in [3.8, 4) is 0 Å². The maximum atomic E-state index is 5.01. The van der Waals surface area contributed by atoms with E-state index in [1.54, 1.807) is 18.4 Å². The van der Waals surface area contributed by atoms with Gasteiger partial charge in [0.05, 0.1) is 0 Å². The average Bonchev–Trinajstić information content (AvgIpc) is 2.76. The van der Waals surface area contributed by atoms with Gasteiger partial charge in [-0.2, -0.15) is 11.3 Å². The summed E-state index contributed by atoms with van der Waals surface area (Å²) in [5.74, 6) is 0. The number of thiophene rings is 1. The summed E-state index contributed by atoms with van der Waals surface area (Å²) >= 11 is 1.76. The Morgan fingerprint density at radius 1 is 1.40 bits per heavy atom. The van der Waals surface area contributed by atoms with Crippen LogP contribution in [0.4, 0.5) is 0 Å². The third-order valence-corrected chi connectivity index (χ3v) is 3.22. The molecule has 1 rings (SSSR count). The largest absolute Gasteiger partial charge is 0.385 e. The number of unbranched alkanes of at least 4 members (excludes halogenated alkanes) is 2. The van der Waals surface area contributed by atoms with Crippen LogP contribution in [-0.2, 0) is 4.74 Å². The van der Waals surface area contributed by atoms with Crippen molar-refractivity contribution in [2.45, 2.75) is 32.2 Å². The maximum Gasteiger partial charge on any atom is 0.0462 e. The molecule has 1 atom stereocenters. The number of nitrogens with one attached hydrogen (secondary N) is 1. The lowest BCUT2D eigenvalue weighted by molar-refractivity contribution is 0.192. The van der Waals surface area contributed by atoms with E-state index in [2.05, 4.69) is 29.1 Å². The molecule has 1 N–H and O–H groups in total. The van der Waals surface area contributed by atoms with Crippen LogP contribution in [0.5, 0.6) is 0 Å². The zero-order valence-corrected chi connectivity index (χ0v) is 10.5. The third-order valence-electron chi connectivity index (χ3n) is 2.52. The summed E-state index contributed by atoms with van der Waals surface area (Å²) in [5.41, 5.74) is 1.40. The number of hydrogen-bond acceptors (Lipinski definition) is 3. The molecule has 0 spiro atoms. The lowest BCUT2D eigenvalue weighted by Crippen LogP contribution is -2.19. The molecule has 0 aliphatic carbocycles. The van der Waals surface area contributed by atoms with Gasteiger partial charge in [-0.05, 0) is 55.1 Å². The van der Waals surface area contributed by atoms with Gasteiger partial charge < -0.3 is 10.1 Å². The zero-order valence-electron chi connectivity index (χ0n) is 9.66. The molecule has 0 amide bonds. The van der Waals surface area contributed by atoms with Gasteiger partial charge in [0.1, 0.15) is 0 Å². The average molecular weight is 227 g/mol. The number of hydrogen-bond donors (Lipinski definition) is 1. The van der Waals surface area contributed by atoms with Gasteiger partial charge in [0.15, 0.2) is 0 Å². The molecule has 86 valence electrons. The van der Waals surface area contributed by atoms with Crippen LogP contribution in [0.25, 0.3) is 0 Å². The number of methoxy groups -OCH3 is 1. The number of ether oxygens (including phenoxy) is 1. The van der Waals surface area contributed by atoms with Crippen molar-refractivity contribution in [1.29, 1.82) is 0 Å². The summed E-state index contributed by atoms with van der Waals surface area (Å²) in [6.45, 7) is 4.21. The van der Waals surface area contributed by atoms with Crippen LogP contribution in [0.2, 0.25) is 0 Å². The monoisotopic (exact) mass is 227 g/mol. The molecule has 0 saturated heterocycles. The van der Waals surface area contributed by atoms with E-state index >= 15 is 0 Å². The van der Waals surface area contributed by atoms with Gasteiger partial charge in [0.2, 0.25) is 0 Å². The van der Waals surface area contributed by atoms with Crippen LogP contribution in [0, 0.1) is 0 Å². The first kappa shape index (κ1) is 12.7. The SMILES string of the molecule is COCCCCCNC(C)c1ccsc1. The fourth-order valence-electron chi connectivity index (χ4n) is 1.51. The molecule has 1 heterocycles. The highest BCUT2D eigenvalue weighted by molar-refractivity contribution is 7.07. The Hall–Kier alpha value is -0.380. The van der Waals surface area contributed by atoms with E-state index in [1.807, 2.05) is 0 Å². The molecule has 0 aliphatic heterocycles. The minimum Gasteiger partial charge on any atom is -0.385 e. The van der Waals surface area contributed by atoms with Gasteiger partial charge in [-0.1, -0.05) is 0 Å². The molecular formula is C12H21NOS. The number of rotatable bonds is 8. The lowest BCUT2D eigenvalue weighted by atomic mass is 10.1. The molecule has 0 radical (unpaired) electrons. The molecule has 0 fully saturated rings. The van der Waals surface area contributed by atoms with Crippen molar-refractivity contribution in [3.05, 3.63) is 22.4 Å². The summed E-state index contributed by atoms with van der Waals surface area (Å²) in [4.78, 5) is 0. The van der Waals surface area contributed by atoms with E-state index in [0.717, 1.165) is 13.2 Å². The minimum atomic E-state index is 0.485. The van der Waals surface area contributed by atoms with E-state index in [4.69, 9.17) is 4.74 Å². The van der Waals surface area contributed by atoms with Crippen LogP contribution >= 0.6 is 11.3 Å². The minimum absolute atomic E-state index is 0.485. The van der Waals surface area contributed by atoms with Crippen LogP contribution < -0.4 is 5.32 Å². The molecule has 1 aromatic rings. The molecule has 0 aliphatic rings. The molecular weight excluding hydrogens is 206 g/mol. The highest BCUT2D eigenvalue weighted by atomic mass is 32.1. The van der Waals surface area contributed by atoms with Crippen molar-refractivity contribution >= 4 is 11.3 Å². The van der Waals surface area contributed by atoms with Crippen molar-refractivity contribution < 1.29 is 4.74 Å². The first-order valence-electron chi connectivity index (χ1n) is 5.59. The smallest absolute Gasteiger partial charge is 0.0462 e. The molecule has 2 nitrogen and oxygen atoms in total. The summed E-state index contributed by atoms with van der Waals surface area (Å²) in [6.07, 6.45) is 3.65. The Labute approximate surface area is 96.7 Å². The Balaban J connectivity index is 2.00. The third kappa shape index (κ3) is 5.30. The molecule has 0 bridgehead atoms. The lowest BCUT2D eigenvalue weighted by Gasteiger charge is -2.11. The van der Waals surface area contributed by atoms with Crippen LogP contribution in [0.15, 0.2) is 16.8 Å². The van der Waals surface area contributed by atoms with E-state index in [9.17, 15) is 0 Å². The second-order valence-corrected chi connectivity index (χ2v) is 4.57. The highest BCUT2D eigenvalue weighted by Crippen LogP contribution is 2.15. The second-order valence-electron chi connectivity index (χ2n) is 3.79. The molecule has 0 saturated carbocycles. The van der Waals surface area contributed by atoms with Crippen molar-refractivity contribution in [2.24, 2.45) is 0 Å². The van der Waals surface area contributed by atoms with Crippen molar-refractivity contribution in [1.82, 2.24) is 5.32 Å². The zero-order chi connectivity index (χ0) is 10.9. The predicted molar refractivity (Wildman–Crippen MR) is 66.5 cm³/mol. The Morgan fingerprint density at radius 3 is 2.93 bits per heavy atom. The molecule has 0 aromatic carbocycles. The first-order valence-corrected chi connectivity index (χ1v) is 6.53. The highest BCUT2D eigenvalue weighted by Gasteiger charge is 2.03. The Bertz CT molecular complexity index is 236. The topological polar surface area (TPSA) is 21.3 Å². The normalized spacial score (nSPS) is 12.9. The Kier molecular flexibility index (Phi) is 6.64. The fourth-order valence-corrected chi connectivity index (χ4v) is 2.26. The maximum absolute atomic E-state index is 5.01. The van der Waals surface area contributed by atoms with Gasteiger partial charge in [0, 0.05) is 19.8 Å². The molecule has 15 heavy (non-hydrogen) atoms.